The summed E-state index contributed by atoms with van der Waals surface area (Å²) in [5.74, 6) is 1.70. The van der Waals surface area contributed by atoms with Gasteiger partial charge >= 0.3 is 0 Å². The normalized spacial score (nSPS) is 14.4. The van der Waals surface area contributed by atoms with Crippen LogP contribution in [0.1, 0.15) is 48.7 Å². The summed E-state index contributed by atoms with van der Waals surface area (Å²) in [4.78, 5) is 4.33. The molecular formula is C15H22N4. The third kappa shape index (κ3) is 2.84. The van der Waals surface area contributed by atoms with Crippen molar-refractivity contribution >= 4 is 0 Å². The molecule has 4 heteroatoms. The molecule has 0 saturated carbocycles. The predicted molar refractivity (Wildman–Crippen MR) is 77.0 cm³/mol. The largest absolute Gasteiger partial charge is 0.322 e. The second kappa shape index (κ2) is 5.53. The van der Waals surface area contributed by atoms with Crippen molar-refractivity contribution in [3.8, 4) is 0 Å². The molecule has 0 bridgehead atoms. The first-order valence-electron chi connectivity index (χ1n) is 6.77. The Kier molecular flexibility index (Phi) is 4.00. The van der Waals surface area contributed by atoms with Crippen molar-refractivity contribution in [3.05, 3.63) is 47.0 Å². The topological polar surface area (TPSA) is 56.7 Å². The molecule has 1 aromatic heterocycles. The second-order valence-electron chi connectivity index (χ2n) is 5.01. The fourth-order valence-corrected chi connectivity index (χ4v) is 2.33. The Morgan fingerprint density at radius 1 is 1.21 bits per heavy atom. The van der Waals surface area contributed by atoms with Crippen LogP contribution in [0.15, 0.2) is 24.3 Å². The molecule has 0 fully saturated rings. The maximum Gasteiger partial charge on any atom is 0.147 e. The molecule has 0 spiro atoms. The van der Waals surface area contributed by atoms with E-state index >= 15 is 0 Å². The van der Waals surface area contributed by atoms with Crippen LogP contribution < -0.4 is 5.73 Å². The molecule has 102 valence electrons. The number of hydrogen-bond acceptors (Lipinski definition) is 3. The van der Waals surface area contributed by atoms with Gasteiger partial charge in [0.1, 0.15) is 11.6 Å². The molecule has 0 amide bonds. The molecule has 1 aromatic carbocycles. The molecule has 0 radical (unpaired) electrons. The van der Waals surface area contributed by atoms with Gasteiger partial charge in [0.25, 0.3) is 0 Å². The van der Waals surface area contributed by atoms with Gasteiger partial charge in [-0.15, -0.1) is 0 Å². The minimum absolute atomic E-state index is 0.0780. The Morgan fingerprint density at radius 2 is 1.84 bits per heavy atom. The summed E-state index contributed by atoms with van der Waals surface area (Å²) in [5.41, 5.74) is 8.82. The van der Waals surface area contributed by atoms with Crippen LogP contribution in [-0.4, -0.2) is 14.8 Å². The summed E-state index contributed by atoms with van der Waals surface area (Å²) in [6, 6.07) is 8.51. The van der Waals surface area contributed by atoms with Crippen LogP contribution in [0, 0.1) is 13.8 Å². The highest BCUT2D eigenvalue weighted by atomic mass is 15.4. The van der Waals surface area contributed by atoms with Crippen LogP contribution in [0.2, 0.25) is 0 Å². The van der Waals surface area contributed by atoms with Gasteiger partial charge in [0, 0.05) is 0 Å². The van der Waals surface area contributed by atoms with Gasteiger partial charge in [0.05, 0.1) is 12.1 Å². The van der Waals surface area contributed by atoms with Crippen molar-refractivity contribution in [3.63, 3.8) is 0 Å². The minimum Gasteiger partial charge on any atom is -0.322 e. The molecule has 2 N–H and O–H groups in total. The summed E-state index contributed by atoms with van der Waals surface area (Å²) < 4.78 is 1.91. The van der Waals surface area contributed by atoms with E-state index in [2.05, 4.69) is 48.2 Å². The Balaban J connectivity index is 2.22. The smallest absolute Gasteiger partial charge is 0.147 e. The summed E-state index contributed by atoms with van der Waals surface area (Å²) in [5, 5.41) is 4.42. The van der Waals surface area contributed by atoms with E-state index in [1.807, 2.05) is 18.5 Å². The van der Waals surface area contributed by atoms with E-state index in [9.17, 15) is 0 Å². The van der Waals surface area contributed by atoms with Crippen molar-refractivity contribution < 1.29 is 0 Å². The van der Waals surface area contributed by atoms with Gasteiger partial charge in [0.2, 0.25) is 0 Å². The number of benzene rings is 1. The molecule has 19 heavy (non-hydrogen) atoms. The average Bonchev–Trinajstić information content (AvgIpc) is 2.76. The fraction of sp³-hybridized carbons (Fsp3) is 0.467. The first-order chi connectivity index (χ1) is 9.02. The number of aryl methyl sites for hydroxylation is 3. The SMILES string of the molecule is CCc1ccc(C(N)C(C)n2nc(C)nc2C)cc1. The zero-order chi connectivity index (χ0) is 14.0. The van der Waals surface area contributed by atoms with E-state index < -0.39 is 0 Å². The molecule has 0 aliphatic heterocycles. The third-order valence-electron chi connectivity index (χ3n) is 3.59. The summed E-state index contributed by atoms with van der Waals surface area (Å²) in [6.45, 7) is 8.10. The standard InChI is InChI=1S/C15H22N4/c1-5-13-6-8-14(9-7-13)15(16)10(2)19-12(4)17-11(3)18-19/h6-10,15H,5,16H2,1-4H3. The zero-order valence-electron chi connectivity index (χ0n) is 12.1. The lowest BCUT2D eigenvalue weighted by molar-refractivity contribution is 0.404. The lowest BCUT2D eigenvalue weighted by Gasteiger charge is -2.21. The molecule has 1 heterocycles. The summed E-state index contributed by atoms with van der Waals surface area (Å²) in [6.07, 6.45) is 1.05. The fourth-order valence-electron chi connectivity index (χ4n) is 2.33. The lowest BCUT2D eigenvalue weighted by Crippen LogP contribution is -2.24. The Bertz CT molecular complexity index is 542. The van der Waals surface area contributed by atoms with Crippen molar-refractivity contribution in [2.75, 3.05) is 0 Å². The van der Waals surface area contributed by atoms with E-state index in [4.69, 9.17) is 5.73 Å². The van der Waals surface area contributed by atoms with Gasteiger partial charge in [-0.3, -0.25) is 0 Å². The highest BCUT2D eigenvalue weighted by Crippen LogP contribution is 2.24. The monoisotopic (exact) mass is 258 g/mol. The van der Waals surface area contributed by atoms with Crippen LogP contribution >= 0.6 is 0 Å². The number of aromatic nitrogens is 3. The Labute approximate surface area is 114 Å². The van der Waals surface area contributed by atoms with Crippen molar-refractivity contribution in [1.82, 2.24) is 14.8 Å². The van der Waals surface area contributed by atoms with Gasteiger partial charge < -0.3 is 5.73 Å². The molecule has 0 aliphatic carbocycles. The zero-order valence-corrected chi connectivity index (χ0v) is 12.1. The molecule has 4 nitrogen and oxygen atoms in total. The average molecular weight is 258 g/mol. The van der Waals surface area contributed by atoms with E-state index in [0.717, 1.165) is 23.6 Å². The molecule has 2 aromatic rings. The van der Waals surface area contributed by atoms with E-state index in [0.29, 0.717) is 0 Å². The summed E-state index contributed by atoms with van der Waals surface area (Å²) >= 11 is 0. The van der Waals surface area contributed by atoms with Gasteiger partial charge in [-0.1, -0.05) is 31.2 Å². The molecular weight excluding hydrogens is 236 g/mol. The Hall–Kier alpha value is -1.68. The van der Waals surface area contributed by atoms with Gasteiger partial charge in [-0.25, -0.2) is 9.67 Å². The van der Waals surface area contributed by atoms with Crippen LogP contribution in [0.3, 0.4) is 0 Å². The maximum absolute atomic E-state index is 6.35. The van der Waals surface area contributed by atoms with Crippen LogP contribution in [0.5, 0.6) is 0 Å². The van der Waals surface area contributed by atoms with Crippen molar-refractivity contribution in [2.45, 2.75) is 46.2 Å². The molecule has 0 saturated heterocycles. The van der Waals surface area contributed by atoms with E-state index in [1.165, 1.54) is 5.56 Å². The van der Waals surface area contributed by atoms with Gasteiger partial charge in [0.15, 0.2) is 0 Å². The van der Waals surface area contributed by atoms with Gasteiger partial charge in [-0.2, -0.15) is 5.10 Å². The third-order valence-corrected chi connectivity index (χ3v) is 3.59. The lowest BCUT2D eigenvalue weighted by atomic mass is 9.99. The van der Waals surface area contributed by atoms with E-state index in [-0.39, 0.29) is 12.1 Å². The first-order valence-corrected chi connectivity index (χ1v) is 6.77. The van der Waals surface area contributed by atoms with Crippen LogP contribution in [0.25, 0.3) is 0 Å². The van der Waals surface area contributed by atoms with E-state index in [1.54, 1.807) is 0 Å². The number of nitrogens with two attached hydrogens (primary N) is 1. The molecule has 0 aliphatic rings. The minimum atomic E-state index is -0.0780. The number of hydrogen-bond donors (Lipinski definition) is 1. The van der Waals surface area contributed by atoms with Crippen LogP contribution in [0.4, 0.5) is 0 Å². The Morgan fingerprint density at radius 3 is 2.32 bits per heavy atom. The maximum atomic E-state index is 6.35. The summed E-state index contributed by atoms with van der Waals surface area (Å²) in [7, 11) is 0. The molecule has 2 rings (SSSR count). The first kappa shape index (κ1) is 13.7. The number of rotatable bonds is 4. The van der Waals surface area contributed by atoms with Gasteiger partial charge in [-0.05, 0) is 38.3 Å². The molecule has 2 atom stereocenters. The van der Waals surface area contributed by atoms with Crippen molar-refractivity contribution in [2.24, 2.45) is 5.73 Å². The second-order valence-corrected chi connectivity index (χ2v) is 5.01. The predicted octanol–water partition coefficient (Wildman–Crippen LogP) is 2.72. The molecule has 2 unspecified atom stereocenters. The number of nitrogens with zero attached hydrogens (tertiary/aromatic N) is 3. The quantitative estimate of drug-likeness (QED) is 0.917. The van der Waals surface area contributed by atoms with Crippen LogP contribution in [-0.2, 0) is 6.42 Å². The highest BCUT2D eigenvalue weighted by molar-refractivity contribution is 5.25. The van der Waals surface area contributed by atoms with Crippen molar-refractivity contribution in [1.29, 1.82) is 0 Å². The highest BCUT2D eigenvalue weighted by Gasteiger charge is 2.19.